The molecule has 0 spiro atoms. The van der Waals surface area contributed by atoms with Gasteiger partial charge in [0.05, 0.1) is 0 Å². The summed E-state index contributed by atoms with van der Waals surface area (Å²) in [5.41, 5.74) is 3.82. The molecule has 6 nitrogen and oxygen atoms in total. The van der Waals surface area contributed by atoms with Gasteiger partial charge in [0.2, 0.25) is 0 Å². The summed E-state index contributed by atoms with van der Waals surface area (Å²) in [6.45, 7) is 7.86. The number of likely N-dealkylation sites (N-methyl/N-ethyl adjacent to an activating group) is 1. The van der Waals surface area contributed by atoms with Gasteiger partial charge in [0.25, 0.3) is 0 Å². The van der Waals surface area contributed by atoms with Gasteiger partial charge in [0.15, 0.2) is 5.96 Å². The lowest BCUT2D eigenvalue weighted by molar-refractivity contribution is 0.311. The van der Waals surface area contributed by atoms with Gasteiger partial charge in [-0.2, -0.15) is 0 Å². The van der Waals surface area contributed by atoms with Crippen molar-refractivity contribution >= 4 is 35.8 Å². The molecule has 158 valence electrons. The molecule has 0 unspecified atom stereocenters. The zero-order valence-corrected chi connectivity index (χ0v) is 20.3. The number of piperazine rings is 1. The highest BCUT2D eigenvalue weighted by Crippen LogP contribution is 2.19. The third kappa shape index (κ3) is 6.30. The van der Waals surface area contributed by atoms with Gasteiger partial charge in [-0.05, 0) is 31.2 Å². The van der Waals surface area contributed by atoms with Gasteiger partial charge in [-0.15, -0.1) is 24.0 Å². The van der Waals surface area contributed by atoms with Crippen LogP contribution in [0.3, 0.4) is 0 Å². The van der Waals surface area contributed by atoms with E-state index in [1.807, 2.05) is 19.3 Å². The lowest BCUT2D eigenvalue weighted by Crippen LogP contribution is -2.45. The number of nitrogens with one attached hydrogen (secondary N) is 1. The molecule has 0 bridgehead atoms. The maximum absolute atomic E-state index is 4.67. The van der Waals surface area contributed by atoms with Gasteiger partial charge in [-0.1, -0.05) is 30.3 Å². The van der Waals surface area contributed by atoms with Crippen LogP contribution in [0.4, 0.5) is 5.82 Å². The molecule has 1 aromatic heterocycles. The Balaban J connectivity index is 0.00000300. The predicted molar refractivity (Wildman–Crippen MR) is 132 cm³/mol. The molecule has 0 saturated carbocycles. The molecule has 1 aromatic carbocycles. The molecule has 1 aliphatic heterocycles. The van der Waals surface area contributed by atoms with E-state index in [-0.39, 0.29) is 24.0 Å². The molecule has 1 N–H and O–H groups in total. The first-order chi connectivity index (χ1) is 13.6. The van der Waals surface area contributed by atoms with Gasteiger partial charge >= 0.3 is 0 Å². The second-order valence-corrected chi connectivity index (χ2v) is 7.46. The van der Waals surface area contributed by atoms with Crippen LogP contribution >= 0.6 is 24.0 Å². The molecule has 3 rings (SSSR count). The molecule has 2 aromatic rings. The molecule has 0 aliphatic carbocycles. The first kappa shape index (κ1) is 23.4. The van der Waals surface area contributed by atoms with E-state index in [0.29, 0.717) is 6.54 Å². The van der Waals surface area contributed by atoms with E-state index < -0.39 is 0 Å². The van der Waals surface area contributed by atoms with Crippen molar-refractivity contribution in [1.29, 1.82) is 0 Å². The minimum Gasteiger partial charge on any atom is -0.354 e. The molecule has 1 aliphatic rings. The average molecular weight is 508 g/mol. The van der Waals surface area contributed by atoms with Crippen LogP contribution in [0.5, 0.6) is 0 Å². The Labute approximate surface area is 192 Å². The first-order valence-corrected chi connectivity index (χ1v) is 9.92. The Morgan fingerprint density at radius 2 is 1.79 bits per heavy atom. The van der Waals surface area contributed by atoms with Gasteiger partial charge in [0, 0.05) is 65.1 Å². The second kappa shape index (κ2) is 11.3. The van der Waals surface area contributed by atoms with Gasteiger partial charge in [-0.25, -0.2) is 4.98 Å². The normalized spacial score (nSPS) is 15.0. The number of benzene rings is 1. The first-order valence-electron chi connectivity index (χ1n) is 9.92. The van der Waals surface area contributed by atoms with Crippen LogP contribution in [0.25, 0.3) is 0 Å². The van der Waals surface area contributed by atoms with Crippen LogP contribution in [0.2, 0.25) is 0 Å². The zero-order chi connectivity index (χ0) is 19.9. The van der Waals surface area contributed by atoms with Gasteiger partial charge in [0.1, 0.15) is 5.82 Å². The SMILES string of the molecule is CN=C(NCc1cccnc1N1CCN(C)CC1)N(C)Cc1ccccc1C.I. The van der Waals surface area contributed by atoms with E-state index in [2.05, 4.69) is 81.3 Å². The van der Waals surface area contributed by atoms with E-state index in [9.17, 15) is 0 Å². The lowest BCUT2D eigenvalue weighted by atomic mass is 10.1. The highest BCUT2D eigenvalue weighted by atomic mass is 127. The molecule has 0 amide bonds. The van der Waals surface area contributed by atoms with Crippen LogP contribution in [-0.4, -0.2) is 68.1 Å². The monoisotopic (exact) mass is 508 g/mol. The number of guanidine groups is 1. The van der Waals surface area contributed by atoms with Crippen LogP contribution in [0.1, 0.15) is 16.7 Å². The fourth-order valence-corrected chi connectivity index (χ4v) is 3.55. The van der Waals surface area contributed by atoms with Crippen molar-refractivity contribution in [3.05, 3.63) is 59.3 Å². The second-order valence-electron chi connectivity index (χ2n) is 7.46. The van der Waals surface area contributed by atoms with E-state index in [4.69, 9.17) is 0 Å². The maximum Gasteiger partial charge on any atom is 0.193 e. The lowest BCUT2D eigenvalue weighted by Gasteiger charge is -2.34. The minimum absolute atomic E-state index is 0. The Bertz CT molecular complexity index is 801. The summed E-state index contributed by atoms with van der Waals surface area (Å²) in [4.78, 5) is 16.0. The van der Waals surface area contributed by atoms with E-state index in [1.165, 1.54) is 16.7 Å². The van der Waals surface area contributed by atoms with Crippen molar-refractivity contribution in [2.45, 2.75) is 20.0 Å². The fraction of sp³-hybridized carbons (Fsp3) is 0.455. The highest BCUT2D eigenvalue weighted by molar-refractivity contribution is 14.0. The van der Waals surface area contributed by atoms with Crippen molar-refractivity contribution in [1.82, 2.24) is 20.1 Å². The Hall–Kier alpha value is -1.87. The molecule has 7 heteroatoms. The fourth-order valence-electron chi connectivity index (χ4n) is 3.55. The number of aliphatic imine (C=N–C) groups is 1. The van der Waals surface area contributed by atoms with Crippen LogP contribution in [0.15, 0.2) is 47.6 Å². The van der Waals surface area contributed by atoms with E-state index >= 15 is 0 Å². The smallest absolute Gasteiger partial charge is 0.193 e. The number of pyridine rings is 1. The molecule has 2 heterocycles. The maximum atomic E-state index is 4.67. The van der Waals surface area contributed by atoms with Crippen LogP contribution in [0, 0.1) is 6.92 Å². The van der Waals surface area contributed by atoms with E-state index in [0.717, 1.165) is 44.5 Å². The predicted octanol–water partition coefficient (Wildman–Crippen LogP) is 2.97. The summed E-state index contributed by atoms with van der Waals surface area (Å²) in [5.74, 6) is 1.97. The molecular formula is C22H33IN6. The zero-order valence-electron chi connectivity index (χ0n) is 17.9. The van der Waals surface area contributed by atoms with Crippen molar-refractivity contribution in [3.63, 3.8) is 0 Å². The Kier molecular flexibility index (Phi) is 9.16. The van der Waals surface area contributed by atoms with E-state index in [1.54, 1.807) is 0 Å². The van der Waals surface area contributed by atoms with Crippen molar-refractivity contribution in [3.8, 4) is 0 Å². The average Bonchev–Trinajstić information content (AvgIpc) is 2.71. The van der Waals surface area contributed by atoms with Crippen molar-refractivity contribution in [2.24, 2.45) is 4.99 Å². The number of aryl methyl sites for hydroxylation is 1. The van der Waals surface area contributed by atoms with Gasteiger partial charge in [-0.3, -0.25) is 4.99 Å². The van der Waals surface area contributed by atoms with Crippen LogP contribution in [-0.2, 0) is 13.1 Å². The number of hydrogen-bond acceptors (Lipinski definition) is 4. The molecule has 0 atom stereocenters. The summed E-state index contributed by atoms with van der Waals surface area (Å²) in [6, 6.07) is 12.7. The van der Waals surface area contributed by atoms with Crippen molar-refractivity contribution < 1.29 is 0 Å². The molecular weight excluding hydrogens is 475 g/mol. The van der Waals surface area contributed by atoms with Crippen molar-refractivity contribution in [2.75, 3.05) is 52.2 Å². The standard InChI is InChI=1S/C22H32N6.HI/c1-18-8-5-6-9-20(18)17-27(4)22(23-2)25-16-19-10-7-11-24-21(19)28-14-12-26(3)13-15-28;/h5-11H,12-17H2,1-4H3,(H,23,25);1H. The van der Waals surface area contributed by atoms with Crippen LogP contribution < -0.4 is 10.2 Å². The number of nitrogens with zero attached hydrogens (tertiary/aromatic N) is 5. The summed E-state index contributed by atoms with van der Waals surface area (Å²) >= 11 is 0. The summed E-state index contributed by atoms with van der Waals surface area (Å²) in [5, 5.41) is 3.51. The number of rotatable bonds is 5. The molecule has 1 saturated heterocycles. The summed E-state index contributed by atoms with van der Waals surface area (Å²) in [6.07, 6.45) is 1.89. The summed E-state index contributed by atoms with van der Waals surface area (Å²) < 4.78 is 0. The Morgan fingerprint density at radius 3 is 2.48 bits per heavy atom. The third-order valence-electron chi connectivity index (χ3n) is 5.35. The largest absolute Gasteiger partial charge is 0.354 e. The number of anilines is 1. The minimum atomic E-state index is 0. The summed E-state index contributed by atoms with van der Waals surface area (Å²) in [7, 11) is 6.08. The third-order valence-corrected chi connectivity index (χ3v) is 5.35. The quantitative estimate of drug-likeness (QED) is 0.383. The molecule has 29 heavy (non-hydrogen) atoms. The number of aromatic nitrogens is 1. The Morgan fingerprint density at radius 1 is 1.10 bits per heavy atom. The molecule has 0 radical (unpaired) electrons. The molecule has 1 fully saturated rings. The topological polar surface area (TPSA) is 47.0 Å². The highest BCUT2D eigenvalue weighted by Gasteiger charge is 2.18. The number of hydrogen-bond donors (Lipinski definition) is 1. The number of halogens is 1. The van der Waals surface area contributed by atoms with Gasteiger partial charge < -0.3 is 20.0 Å².